The summed E-state index contributed by atoms with van der Waals surface area (Å²) in [7, 11) is 0. The molecule has 1 heteroatoms. The largest absolute Gasteiger partial charge is 0.306 e. The predicted molar refractivity (Wildman–Crippen MR) is 132 cm³/mol. The van der Waals surface area contributed by atoms with Crippen LogP contribution in [0.15, 0.2) is 127 Å². The van der Waals surface area contributed by atoms with Gasteiger partial charge in [0.05, 0.1) is 6.04 Å². The van der Waals surface area contributed by atoms with E-state index in [-0.39, 0.29) is 6.04 Å². The molecule has 0 amide bonds. The van der Waals surface area contributed by atoms with Gasteiger partial charge in [0.15, 0.2) is 0 Å². The quantitative estimate of drug-likeness (QED) is 0.290. The van der Waals surface area contributed by atoms with Gasteiger partial charge in [0.25, 0.3) is 0 Å². The van der Waals surface area contributed by atoms with Crippen molar-refractivity contribution >= 4 is 5.57 Å². The van der Waals surface area contributed by atoms with Gasteiger partial charge >= 0.3 is 0 Å². The average molecular weight is 404 g/mol. The van der Waals surface area contributed by atoms with Crippen LogP contribution in [0.25, 0.3) is 5.57 Å². The van der Waals surface area contributed by atoms with Crippen molar-refractivity contribution in [3.05, 3.63) is 150 Å². The lowest BCUT2D eigenvalue weighted by Crippen LogP contribution is -2.23. The molecule has 4 aromatic carbocycles. The Labute approximate surface area is 186 Å². The number of rotatable bonds is 9. The molecule has 0 atom stereocenters. The summed E-state index contributed by atoms with van der Waals surface area (Å²) in [5, 5.41) is 3.78. The average Bonchev–Trinajstić information content (AvgIpc) is 2.86. The standard InChI is InChI=1S/C30H29N/c1-5-15-25(16-6-1)29(26-17-7-2-8-18-26)23-13-14-24-31-30(27-19-9-3-10-20-27)28-21-11-4-12-22-28/h1-12,15-23,30-31H,13-14,24H2. The molecule has 4 aromatic rings. The van der Waals surface area contributed by atoms with Gasteiger partial charge in [-0.15, -0.1) is 0 Å². The Bertz CT molecular complexity index is 973. The van der Waals surface area contributed by atoms with Gasteiger partial charge in [0, 0.05) is 0 Å². The predicted octanol–water partition coefficient (Wildman–Crippen LogP) is 7.28. The maximum atomic E-state index is 3.78. The van der Waals surface area contributed by atoms with Crippen molar-refractivity contribution < 1.29 is 0 Å². The number of hydrogen-bond donors (Lipinski definition) is 1. The van der Waals surface area contributed by atoms with Crippen molar-refractivity contribution in [3.63, 3.8) is 0 Å². The Morgan fingerprint density at radius 1 is 0.581 bits per heavy atom. The Balaban J connectivity index is 1.44. The van der Waals surface area contributed by atoms with E-state index in [9.17, 15) is 0 Å². The van der Waals surface area contributed by atoms with Crippen LogP contribution in [0, 0.1) is 0 Å². The van der Waals surface area contributed by atoms with Crippen molar-refractivity contribution in [1.29, 1.82) is 0 Å². The molecule has 1 N–H and O–H groups in total. The molecule has 0 saturated carbocycles. The number of nitrogens with one attached hydrogen (secondary N) is 1. The number of benzene rings is 4. The van der Waals surface area contributed by atoms with E-state index >= 15 is 0 Å². The molecule has 0 spiro atoms. The first-order valence-corrected chi connectivity index (χ1v) is 11.1. The second kappa shape index (κ2) is 11.1. The van der Waals surface area contributed by atoms with E-state index in [0.29, 0.717) is 0 Å². The third kappa shape index (κ3) is 5.81. The molecular weight excluding hydrogens is 374 g/mol. The Hall–Kier alpha value is -3.42. The molecule has 0 aromatic heterocycles. The minimum absolute atomic E-state index is 0.217. The maximum absolute atomic E-state index is 3.78. The third-order valence-electron chi connectivity index (χ3n) is 5.51. The van der Waals surface area contributed by atoms with E-state index in [4.69, 9.17) is 0 Å². The first-order valence-electron chi connectivity index (χ1n) is 11.1. The number of hydrogen-bond acceptors (Lipinski definition) is 1. The molecule has 0 radical (unpaired) electrons. The molecule has 0 saturated heterocycles. The molecule has 0 unspecified atom stereocenters. The highest BCUT2D eigenvalue weighted by Crippen LogP contribution is 2.25. The molecule has 0 aliphatic carbocycles. The van der Waals surface area contributed by atoms with Gasteiger partial charge in [0.1, 0.15) is 0 Å². The van der Waals surface area contributed by atoms with Crippen LogP contribution in [0.4, 0.5) is 0 Å². The summed E-state index contributed by atoms with van der Waals surface area (Å²) in [5.74, 6) is 0. The molecule has 154 valence electrons. The monoisotopic (exact) mass is 403 g/mol. The smallest absolute Gasteiger partial charge is 0.0576 e. The highest BCUT2D eigenvalue weighted by molar-refractivity contribution is 5.79. The van der Waals surface area contributed by atoms with E-state index in [2.05, 4.69) is 133 Å². The fraction of sp³-hybridized carbons (Fsp3) is 0.133. The summed E-state index contributed by atoms with van der Waals surface area (Å²) in [6, 6.07) is 43.0. The third-order valence-corrected chi connectivity index (χ3v) is 5.51. The second-order valence-corrected chi connectivity index (χ2v) is 7.70. The van der Waals surface area contributed by atoms with Crippen LogP contribution in [0.5, 0.6) is 0 Å². The molecule has 0 heterocycles. The van der Waals surface area contributed by atoms with Crippen molar-refractivity contribution in [3.8, 4) is 0 Å². The van der Waals surface area contributed by atoms with Crippen LogP contribution in [0.2, 0.25) is 0 Å². The summed E-state index contributed by atoms with van der Waals surface area (Å²) in [4.78, 5) is 0. The minimum atomic E-state index is 0.217. The molecule has 0 aliphatic heterocycles. The Morgan fingerprint density at radius 2 is 1.00 bits per heavy atom. The van der Waals surface area contributed by atoms with Gasteiger partial charge < -0.3 is 5.32 Å². The van der Waals surface area contributed by atoms with E-state index in [1.807, 2.05) is 0 Å². The number of allylic oxidation sites excluding steroid dienone is 1. The number of unbranched alkanes of at least 4 members (excludes halogenated alkanes) is 1. The van der Waals surface area contributed by atoms with Crippen LogP contribution in [0.3, 0.4) is 0 Å². The van der Waals surface area contributed by atoms with E-state index in [0.717, 1.165) is 19.4 Å². The highest BCUT2D eigenvalue weighted by Gasteiger charge is 2.12. The summed E-state index contributed by atoms with van der Waals surface area (Å²) >= 11 is 0. The lowest BCUT2D eigenvalue weighted by atomic mass is 9.96. The summed E-state index contributed by atoms with van der Waals surface area (Å²) < 4.78 is 0. The van der Waals surface area contributed by atoms with Gasteiger partial charge in [-0.25, -0.2) is 0 Å². The lowest BCUT2D eigenvalue weighted by molar-refractivity contribution is 0.587. The Morgan fingerprint density at radius 3 is 1.45 bits per heavy atom. The summed E-state index contributed by atoms with van der Waals surface area (Å²) in [6.45, 7) is 0.960. The van der Waals surface area contributed by atoms with Crippen molar-refractivity contribution in [1.82, 2.24) is 5.32 Å². The summed E-state index contributed by atoms with van der Waals surface area (Å²) in [6.07, 6.45) is 4.49. The lowest BCUT2D eigenvalue weighted by Gasteiger charge is -2.20. The van der Waals surface area contributed by atoms with E-state index in [1.54, 1.807) is 0 Å². The zero-order valence-corrected chi connectivity index (χ0v) is 17.8. The zero-order valence-electron chi connectivity index (χ0n) is 17.8. The van der Waals surface area contributed by atoms with Crippen LogP contribution in [-0.2, 0) is 0 Å². The molecule has 0 aliphatic rings. The maximum Gasteiger partial charge on any atom is 0.0576 e. The molecule has 31 heavy (non-hydrogen) atoms. The second-order valence-electron chi connectivity index (χ2n) is 7.70. The minimum Gasteiger partial charge on any atom is -0.306 e. The SMILES string of the molecule is C(CCCNC(c1ccccc1)c1ccccc1)=C(c1ccccc1)c1ccccc1. The zero-order chi connectivity index (χ0) is 21.1. The Kier molecular flexibility index (Phi) is 7.46. The molecule has 0 bridgehead atoms. The van der Waals surface area contributed by atoms with Gasteiger partial charge in [-0.2, -0.15) is 0 Å². The van der Waals surface area contributed by atoms with Crippen molar-refractivity contribution in [2.45, 2.75) is 18.9 Å². The first-order chi connectivity index (χ1) is 15.4. The van der Waals surface area contributed by atoms with Crippen molar-refractivity contribution in [2.75, 3.05) is 6.54 Å². The van der Waals surface area contributed by atoms with E-state index < -0.39 is 0 Å². The molecular formula is C30H29N. The van der Waals surface area contributed by atoms with Gasteiger partial charge in [-0.05, 0) is 47.2 Å². The van der Waals surface area contributed by atoms with Gasteiger partial charge in [-0.3, -0.25) is 0 Å². The first kappa shape index (κ1) is 20.8. The van der Waals surface area contributed by atoms with Crippen LogP contribution >= 0.6 is 0 Å². The molecule has 4 rings (SSSR count). The van der Waals surface area contributed by atoms with Crippen LogP contribution < -0.4 is 5.32 Å². The molecule has 1 nitrogen and oxygen atoms in total. The highest BCUT2D eigenvalue weighted by atomic mass is 14.9. The topological polar surface area (TPSA) is 12.0 Å². The summed E-state index contributed by atoms with van der Waals surface area (Å²) in [5.41, 5.74) is 6.46. The van der Waals surface area contributed by atoms with Crippen LogP contribution in [0.1, 0.15) is 41.1 Å². The van der Waals surface area contributed by atoms with Gasteiger partial charge in [-0.1, -0.05) is 127 Å². The van der Waals surface area contributed by atoms with Crippen molar-refractivity contribution in [2.24, 2.45) is 0 Å². The fourth-order valence-corrected chi connectivity index (χ4v) is 3.95. The van der Waals surface area contributed by atoms with Crippen LogP contribution in [-0.4, -0.2) is 6.54 Å². The fourth-order valence-electron chi connectivity index (χ4n) is 3.95. The van der Waals surface area contributed by atoms with Gasteiger partial charge in [0.2, 0.25) is 0 Å². The normalized spacial score (nSPS) is 10.7. The van der Waals surface area contributed by atoms with E-state index in [1.165, 1.54) is 27.8 Å². The molecule has 0 fully saturated rings.